The van der Waals surface area contributed by atoms with Crippen molar-refractivity contribution in [1.29, 1.82) is 0 Å². The molecule has 0 spiro atoms. The van der Waals surface area contributed by atoms with Gasteiger partial charge in [0, 0.05) is 25.3 Å². The zero-order chi connectivity index (χ0) is 17.7. The Morgan fingerprint density at radius 3 is 2.43 bits per heavy atom. The fraction of sp³-hybridized carbons (Fsp3) is 0.824. The van der Waals surface area contributed by atoms with E-state index in [2.05, 4.69) is 13.0 Å². The topological polar surface area (TPSA) is 48.0 Å². The molecule has 0 aromatic heterocycles. The largest absolute Gasteiger partial charge is 0.491 e. The highest BCUT2D eigenvalue weighted by Crippen LogP contribution is 2.22. The van der Waals surface area contributed by atoms with Crippen LogP contribution in [-0.4, -0.2) is 49.0 Å². The summed E-state index contributed by atoms with van der Waals surface area (Å²) in [5, 5.41) is 0. The zero-order valence-electron chi connectivity index (χ0n) is 15.8. The Balaban J connectivity index is 2.77. The van der Waals surface area contributed by atoms with E-state index in [1.807, 2.05) is 41.5 Å². The van der Waals surface area contributed by atoms with Crippen LogP contribution in [0, 0.1) is 0 Å². The van der Waals surface area contributed by atoms with E-state index in [1.165, 1.54) is 0 Å². The molecule has 1 rings (SSSR count). The normalized spacial score (nSPS) is 16.1. The van der Waals surface area contributed by atoms with Gasteiger partial charge in [-0.1, -0.05) is 13.0 Å². The van der Waals surface area contributed by atoms with E-state index in [0.717, 1.165) is 18.3 Å². The lowest BCUT2D eigenvalue weighted by Crippen LogP contribution is -2.45. The maximum absolute atomic E-state index is 12.3. The van der Waals surface area contributed by atoms with Gasteiger partial charge in [0.15, 0.2) is 0 Å². The molecule has 0 saturated heterocycles. The fourth-order valence-corrected chi connectivity index (χ4v) is 2.16. The molecule has 132 valence electrons. The van der Waals surface area contributed by atoms with E-state index in [4.69, 9.17) is 14.0 Å². The van der Waals surface area contributed by atoms with Crippen molar-refractivity contribution < 1.29 is 18.8 Å². The molecule has 0 unspecified atom stereocenters. The second kappa shape index (κ2) is 8.20. The van der Waals surface area contributed by atoms with Gasteiger partial charge in [0.1, 0.15) is 5.60 Å². The molecule has 1 heterocycles. The van der Waals surface area contributed by atoms with Crippen molar-refractivity contribution in [3.63, 3.8) is 0 Å². The van der Waals surface area contributed by atoms with E-state index in [9.17, 15) is 4.79 Å². The molecule has 0 bridgehead atoms. The summed E-state index contributed by atoms with van der Waals surface area (Å²) in [6, 6.07) is 0. The highest BCUT2D eigenvalue weighted by Gasteiger charge is 2.34. The third-order valence-electron chi connectivity index (χ3n) is 3.73. The Morgan fingerprint density at radius 1 is 1.26 bits per heavy atom. The highest BCUT2D eigenvalue weighted by molar-refractivity contribution is 6.54. The van der Waals surface area contributed by atoms with Crippen LogP contribution in [0.1, 0.15) is 61.3 Å². The summed E-state index contributed by atoms with van der Waals surface area (Å²) in [5.41, 5.74) is 0.235. The van der Waals surface area contributed by atoms with E-state index < -0.39 is 12.7 Å². The lowest BCUT2D eigenvalue weighted by molar-refractivity contribution is 0.0258. The van der Waals surface area contributed by atoms with Gasteiger partial charge in [-0.25, -0.2) is 4.79 Å². The minimum atomic E-state index is -0.488. The van der Waals surface area contributed by atoms with Gasteiger partial charge in [0.25, 0.3) is 0 Å². The minimum absolute atomic E-state index is 0.269. The van der Waals surface area contributed by atoms with Crippen molar-refractivity contribution >= 4 is 13.2 Å². The molecule has 0 aromatic rings. The van der Waals surface area contributed by atoms with E-state index >= 15 is 0 Å². The molecule has 1 aliphatic heterocycles. The number of carbonyl (C=O) groups excluding carboxylic acids is 1. The summed E-state index contributed by atoms with van der Waals surface area (Å²) in [6.07, 6.45) is 3.51. The number of ether oxygens (including phenoxy) is 1. The third-order valence-corrected chi connectivity index (χ3v) is 3.73. The Morgan fingerprint density at radius 2 is 1.91 bits per heavy atom. The van der Waals surface area contributed by atoms with E-state index in [-0.39, 0.29) is 11.7 Å². The number of carbonyl (C=O) groups is 1. The van der Waals surface area contributed by atoms with Gasteiger partial charge in [-0.05, 0) is 59.9 Å². The molecular weight excluding hydrogens is 293 g/mol. The fourth-order valence-electron chi connectivity index (χ4n) is 2.16. The molecule has 5 nitrogen and oxygen atoms in total. The Bertz CT molecular complexity index is 429. The van der Waals surface area contributed by atoms with Crippen molar-refractivity contribution in [2.45, 2.75) is 72.5 Å². The second-order valence-corrected chi connectivity index (χ2v) is 7.49. The predicted molar refractivity (Wildman–Crippen MR) is 93.3 cm³/mol. The SMILES string of the molecule is CCOB(OC(C)(C)CC)C1=CCCN(C(=O)OC(C)(C)C)C1. The van der Waals surface area contributed by atoms with Gasteiger partial charge in [-0.15, -0.1) is 0 Å². The first-order valence-corrected chi connectivity index (χ1v) is 8.54. The van der Waals surface area contributed by atoms with Crippen LogP contribution in [0.3, 0.4) is 0 Å². The second-order valence-electron chi connectivity index (χ2n) is 7.49. The van der Waals surface area contributed by atoms with Crippen LogP contribution in [0.4, 0.5) is 4.79 Å². The average Bonchev–Trinajstić information content (AvgIpc) is 2.45. The number of hydrogen-bond acceptors (Lipinski definition) is 4. The van der Waals surface area contributed by atoms with Crippen LogP contribution in [0.2, 0.25) is 0 Å². The van der Waals surface area contributed by atoms with E-state index in [1.54, 1.807) is 4.90 Å². The summed E-state index contributed by atoms with van der Waals surface area (Å²) in [5.74, 6) is 0. The van der Waals surface area contributed by atoms with Crippen molar-refractivity contribution in [2.24, 2.45) is 0 Å². The summed E-state index contributed by atoms with van der Waals surface area (Å²) in [7, 11) is -0.416. The van der Waals surface area contributed by atoms with Gasteiger partial charge in [0.2, 0.25) is 0 Å². The Labute approximate surface area is 141 Å². The van der Waals surface area contributed by atoms with Gasteiger partial charge >= 0.3 is 13.2 Å². The smallest absolute Gasteiger partial charge is 0.444 e. The Kier molecular flexibility index (Phi) is 7.14. The zero-order valence-corrected chi connectivity index (χ0v) is 15.8. The molecule has 1 amide bonds. The third kappa shape index (κ3) is 6.96. The van der Waals surface area contributed by atoms with Crippen LogP contribution in [0.15, 0.2) is 11.5 Å². The van der Waals surface area contributed by atoms with Crippen molar-refractivity contribution in [3.05, 3.63) is 11.5 Å². The van der Waals surface area contributed by atoms with Crippen LogP contribution >= 0.6 is 0 Å². The first kappa shape index (κ1) is 20.0. The molecule has 0 atom stereocenters. The average molecular weight is 325 g/mol. The van der Waals surface area contributed by atoms with Crippen molar-refractivity contribution in [2.75, 3.05) is 19.7 Å². The van der Waals surface area contributed by atoms with Crippen LogP contribution < -0.4 is 0 Å². The number of hydrogen-bond donors (Lipinski definition) is 0. The molecule has 0 aromatic carbocycles. The summed E-state index contributed by atoms with van der Waals surface area (Å²) >= 11 is 0. The summed E-state index contributed by atoms with van der Waals surface area (Å²) in [4.78, 5) is 14.0. The van der Waals surface area contributed by atoms with E-state index in [0.29, 0.717) is 19.7 Å². The Hall–Kier alpha value is -1.01. The minimum Gasteiger partial charge on any atom is -0.444 e. The summed E-state index contributed by atoms with van der Waals surface area (Å²) < 4.78 is 17.4. The van der Waals surface area contributed by atoms with Gasteiger partial charge in [-0.3, -0.25) is 0 Å². The van der Waals surface area contributed by atoms with Gasteiger partial charge < -0.3 is 18.9 Å². The molecule has 0 saturated carbocycles. The number of amides is 1. The molecule has 23 heavy (non-hydrogen) atoms. The maximum atomic E-state index is 12.3. The first-order valence-electron chi connectivity index (χ1n) is 8.54. The lowest BCUT2D eigenvalue weighted by atomic mass is 9.74. The quantitative estimate of drug-likeness (QED) is 0.697. The molecular formula is C17H32BNO4. The first-order chi connectivity index (χ1) is 10.6. The predicted octanol–water partition coefficient (Wildman–Crippen LogP) is 3.82. The molecule has 0 radical (unpaired) electrons. The molecule has 1 aliphatic rings. The highest BCUT2D eigenvalue weighted by atomic mass is 16.6. The van der Waals surface area contributed by atoms with Crippen LogP contribution in [0.5, 0.6) is 0 Å². The van der Waals surface area contributed by atoms with Crippen molar-refractivity contribution in [3.8, 4) is 0 Å². The van der Waals surface area contributed by atoms with Crippen molar-refractivity contribution in [1.82, 2.24) is 4.90 Å². The maximum Gasteiger partial charge on any atom is 0.491 e. The van der Waals surface area contributed by atoms with Crippen LogP contribution in [-0.2, 0) is 14.0 Å². The van der Waals surface area contributed by atoms with Gasteiger partial charge in [0.05, 0.1) is 0 Å². The van der Waals surface area contributed by atoms with Gasteiger partial charge in [-0.2, -0.15) is 0 Å². The molecule has 6 heteroatoms. The van der Waals surface area contributed by atoms with Crippen LogP contribution in [0.25, 0.3) is 0 Å². The standard InChI is InChI=1S/C17H32BNO4/c1-8-17(6,7)23-18(21-9-2)14-11-10-12-19(13-14)15(20)22-16(3,4)5/h11H,8-10,12-13H2,1-7H3. The number of nitrogens with zero attached hydrogens (tertiary/aromatic N) is 1. The monoisotopic (exact) mass is 325 g/mol. The lowest BCUT2D eigenvalue weighted by Gasteiger charge is -2.34. The number of rotatable bonds is 6. The molecule has 0 fully saturated rings. The summed E-state index contributed by atoms with van der Waals surface area (Å²) in [6.45, 7) is 15.5. The molecule has 0 N–H and O–H groups in total. The molecule has 0 aliphatic carbocycles.